The minimum absolute atomic E-state index is 0.000998. The molecule has 3 rings (SSSR count). The van der Waals surface area contributed by atoms with Gasteiger partial charge >= 0.3 is 0 Å². The molecule has 2 aliphatic rings. The Bertz CT molecular complexity index is 1050. The summed E-state index contributed by atoms with van der Waals surface area (Å²) in [5, 5.41) is 4.87. The van der Waals surface area contributed by atoms with Gasteiger partial charge in [0, 0.05) is 18.6 Å². The van der Waals surface area contributed by atoms with Crippen LogP contribution in [-0.2, 0) is 19.2 Å². The zero-order chi connectivity index (χ0) is 22.2. The van der Waals surface area contributed by atoms with Crippen LogP contribution in [0.1, 0.15) is 27.2 Å². The molecule has 0 spiro atoms. The molecule has 0 radical (unpaired) electrons. The van der Waals surface area contributed by atoms with Crippen LogP contribution in [0, 0.1) is 5.92 Å². The van der Waals surface area contributed by atoms with E-state index in [9.17, 15) is 19.2 Å². The number of ether oxygens (including phenoxy) is 1. The topological polar surface area (TPSA) is 105 Å². The summed E-state index contributed by atoms with van der Waals surface area (Å²) in [4.78, 5) is 51.7. The first kappa shape index (κ1) is 21.9. The number of benzene rings is 1. The predicted molar refractivity (Wildman–Crippen MR) is 113 cm³/mol. The molecule has 0 saturated carbocycles. The van der Waals surface area contributed by atoms with Gasteiger partial charge < -0.3 is 4.74 Å². The van der Waals surface area contributed by atoms with Crippen LogP contribution in [0.25, 0.3) is 0 Å². The molecule has 8 nitrogen and oxygen atoms in total. The van der Waals surface area contributed by atoms with Crippen molar-refractivity contribution >= 4 is 63.8 Å². The van der Waals surface area contributed by atoms with Crippen LogP contribution in [0.5, 0.6) is 5.75 Å². The maximum Gasteiger partial charge on any atom is 0.255 e. The number of carbonyl (C=O) groups excluding carboxylic acids is 4. The number of aliphatic imine (C=N–C) groups is 1. The van der Waals surface area contributed by atoms with Crippen LogP contribution in [0.15, 0.2) is 33.9 Å². The van der Waals surface area contributed by atoms with Gasteiger partial charge in [-0.15, -0.1) is 0 Å². The molecule has 0 unspecified atom stereocenters. The minimum Gasteiger partial charge on any atom is -0.436 e. The fourth-order valence-electron chi connectivity index (χ4n) is 2.90. The number of Topliss-reactive ketones (excluding diaryl/α,β-unsaturated/α-hetero) is 3. The van der Waals surface area contributed by atoms with Crippen molar-refractivity contribution in [3.05, 3.63) is 33.8 Å². The quantitative estimate of drug-likeness (QED) is 0.656. The number of hydrogen-bond acceptors (Lipinski definition) is 7. The third kappa shape index (κ3) is 4.34. The Morgan fingerprint density at radius 1 is 1.13 bits per heavy atom. The van der Waals surface area contributed by atoms with Crippen LogP contribution in [0.4, 0.5) is 5.69 Å². The number of hydrazone groups is 1. The largest absolute Gasteiger partial charge is 0.436 e. The first-order chi connectivity index (χ1) is 14.1. The second-order valence-corrected chi connectivity index (χ2v) is 7.80. The second-order valence-electron chi connectivity index (χ2n) is 6.98. The minimum atomic E-state index is -0.640. The summed E-state index contributed by atoms with van der Waals surface area (Å²) >= 11 is 12.6. The lowest BCUT2D eigenvalue weighted by Crippen LogP contribution is -2.39. The van der Waals surface area contributed by atoms with Gasteiger partial charge in [-0.05, 0) is 18.1 Å². The molecular weight excluding hydrogens is 433 g/mol. The molecule has 2 aliphatic heterocycles. The van der Waals surface area contributed by atoms with Crippen molar-refractivity contribution in [3.63, 3.8) is 0 Å². The molecule has 30 heavy (non-hydrogen) atoms. The van der Waals surface area contributed by atoms with Crippen molar-refractivity contribution in [1.82, 2.24) is 0 Å². The van der Waals surface area contributed by atoms with Crippen molar-refractivity contribution in [2.24, 2.45) is 16.0 Å². The lowest BCUT2D eigenvalue weighted by Gasteiger charge is -2.23. The highest BCUT2D eigenvalue weighted by Crippen LogP contribution is 2.38. The van der Waals surface area contributed by atoms with Crippen molar-refractivity contribution in [2.75, 3.05) is 11.6 Å². The first-order valence-electron chi connectivity index (χ1n) is 9.00. The summed E-state index contributed by atoms with van der Waals surface area (Å²) in [7, 11) is 0. The van der Waals surface area contributed by atoms with E-state index in [0.717, 1.165) is 5.01 Å². The van der Waals surface area contributed by atoms with Crippen LogP contribution in [-0.4, -0.2) is 41.4 Å². The smallest absolute Gasteiger partial charge is 0.255 e. The molecule has 0 saturated heterocycles. The van der Waals surface area contributed by atoms with Gasteiger partial charge in [0.05, 0.1) is 22.2 Å². The highest BCUT2D eigenvalue weighted by atomic mass is 35.5. The SMILES string of the molecule is CC(=O)C1=NN(c2cc(Cl)c(OC3=NCC(=O)C(C(C)C)=C3)c(Cl)c2)C(=O)CC1=O. The predicted octanol–water partition coefficient (Wildman–Crippen LogP) is 3.19. The summed E-state index contributed by atoms with van der Waals surface area (Å²) in [5.74, 6) is -1.61. The maximum absolute atomic E-state index is 12.2. The summed E-state index contributed by atoms with van der Waals surface area (Å²) in [6, 6.07) is 2.75. The van der Waals surface area contributed by atoms with Gasteiger partial charge in [0.15, 0.2) is 28.8 Å². The third-order valence-corrected chi connectivity index (χ3v) is 4.94. The Morgan fingerprint density at radius 3 is 2.33 bits per heavy atom. The number of nitrogens with zero attached hydrogens (tertiary/aromatic N) is 3. The van der Waals surface area contributed by atoms with E-state index in [1.54, 1.807) is 6.08 Å². The molecule has 0 atom stereocenters. The number of dihydropyridines is 1. The summed E-state index contributed by atoms with van der Waals surface area (Å²) in [6.45, 7) is 4.93. The lowest BCUT2D eigenvalue weighted by atomic mass is 9.97. The molecule has 1 amide bonds. The fourth-order valence-corrected chi connectivity index (χ4v) is 3.45. The molecule has 0 N–H and O–H groups in total. The van der Waals surface area contributed by atoms with E-state index in [4.69, 9.17) is 27.9 Å². The van der Waals surface area contributed by atoms with Gasteiger partial charge in [-0.2, -0.15) is 10.1 Å². The van der Waals surface area contributed by atoms with E-state index in [2.05, 4.69) is 10.1 Å². The summed E-state index contributed by atoms with van der Waals surface area (Å²) < 4.78 is 5.70. The first-order valence-corrected chi connectivity index (χ1v) is 9.76. The van der Waals surface area contributed by atoms with Gasteiger partial charge in [-0.25, -0.2) is 4.99 Å². The zero-order valence-corrected chi connectivity index (χ0v) is 17.9. The Labute approximate surface area is 182 Å². The molecule has 0 aliphatic carbocycles. The van der Waals surface area contributed by atoms with Gasteiger partial charge in [-0.1, -0.05) is 37.0 Å². The fraction of sp³-hybridized carbons (Fsp3) is 0.300. The van der Waals surface area contributed by atoms with Crippen molar-refractivity contribution < 1.29 is 23.9 Å². The van der Waals surface area contributed by atoms with E-state index in [1.165, 1.54) is 19.1 Å². The Balaban J connectivity index is 1.93. The standard InChI is InChI=1S/C20H17Cl2N3O5/c1-9(2)12-6-17(23-8-16(12)28)30-20-13(21)4-11(5-14(20)22)25-18(29)7-15(27)19(24-25)10(3)26/h4-6,9H,7-8H2,1-3H3. The molecule has 1 aromatic rings. The van der Waals surface area contributed by atoms with Crippen LogP contribution in [0.3, 0.4) is 0 Å². The molecular formula is C20H17Cl2N3O5. The molecule has 2 heterocycles. The number of ketones is 3. The highest BCUT2D eigenvalue weighted by Gasteiger charge is 2.31. The number of rotatable bonds is 4. The number of carbonyl (C=O) groups is 4. The number of anilines is 1. The molecule has 1 aromatic carbocycles. The second kappa shape index (κ2) is 8.49. The number of amides is 1. The molecule has 10 heteroatoms. The van der Waals surface area contributed by atoms with Gasteiger partial charge in [0.2, 0.25) is 5.90 Å². The zero-order valence-electron chi connectivity index (χ0n) is 16.4. The van der Waals surface area contributed by atoms with E-state index < -0.39 is 23.9 Å². The Kier molecular flexibility index (Phi) is 6.19. The van der Waals surface area contributed by atoms with E-state index >= 15 is 0 Å². The Morgan fingerprint density at radius 2 is 1.77 bits per heavy atom. The van der Waals surface area contributed by atoms with Gasteiger partial charge in [-0.3, -0.25) is 19.2 Å². The molecule has 0 aromatic heterocycles. The third-order valence-electron chi connectivity index (χ3n) is 4.38. The van der Waals surface area contributed by atoms with Crippen LogP contribution < -0.4 is 9.75 Å². The highest BCUT2D eigenvalue weighted by molar-refractivity contribution is 6.67. The van der Waals surface area contributed by atoms with Crippen molar-refractivity contribution in [2.45, 2.75) is 27.2 Å². The van der Waals surface area contributed by atoms with E-state index in [-0.39, 0.29) is 51.3 Å². The number of hydrogen-bond donors (Lipinski definition) is 0. The van der Waals surface area contributed by atoms with E-state index in [0.29, 0.717) is 5.57 Å². The van der Waals surface area contributed by atoms with Gasteiger partial charge in [0.25, 0.3) is 5.91 Å². The number of halogens is 2. The van der Waals surface area contributed by atoms with Crippen LogP contribution in [0.2, 0.25) is 10.0 Å². The van der Waals surface area contributed by atoms with Crippen molar-refractivity contribution in [1.29, 1.82) is 0 Å². The lowest BCUT2D eigenvalue weighted by molar-refractivity contribution is -0.125. The van der Waals surface area contributed by atoms with E-state index in [1.807, 2.05) is 13.8 Å². The molecule has 0 bridgehead atoms. The average molecular weight is 450 g/mol. The molecule has 156 valence electrons. The van der Waals surface area contributed by atoms with Crippen molar-refractivity contribution in [3.8, 4) is 5.75 Å². The monoisotopic (exact) mass is 449 g/mol. The average Bonchev–Trinajstić information content (AvgIpc) is 2.65. The molecule has 0 fully saturated rings. The summed E-state index contributed by atoms with van der Waals surface area (Å²) in [6.07, 6.45) is 1.06. The summed E-state index contributed by atoms with van der Waals surface area (Å²) in [5.41, 5.74) is 0.432. The maximum atomic E-state index is 12.2. The van der Waals surface area contributed by atoms with Crippen LogP contribution >= 0.6 is 23.2 Å². The normalized spacial score (nSPS) is 17.1. The Hall–Kier alpha value is -2.84. The van der Waals surface area contributed by atoms with Gasteiger partial charge in [0.1, 0.15) is 6.54 Å².